The number of carbonyl (C=O) groups is 1. The Bertz CT molecular complexity index is 1820. The number of aromatic amines is 1. The Morgan fingerprint density at radius 3 is 2.49 bits per heavy atom. The zero-order chi connectivity index (χ0) is 29.1. The molecule has 0 aliphatic heterocycles. The van der Waals surface area contributed by atoms with Crippen molar-refractivity contribution in [2.75, 3.05) is 14.2 Å². The molecule has 41 heavy (non-hydrogen) atoms. The lowest BCUT2D eigenvalue weighted by atomic mass is 9.93. The molecule has 0 atom stereocenters. The van der Waals surface area contributed by atoms with Gasteiger partial charge in [-0.1, -0.05) is 18.2 Å². The number of aryl methyl sites for hydroxylation is 2. The molecule has 0 bridgehead atoms. The van der Waals surface area contributed by atoms with Crippen LogP contribution in [0.15, 0.2) is 71.7 Å². The number of ether oxygens (including phenoxy) is 3. The minimum Gasteiger partial charge on any atom is -0.481 e. The number of hydrogen-bond donors (Lipinski definition) is 1. The molecule has 0 aliphatic carbocycles. The van der Waals surface area contributed by atoms with E-state index < -0.39 is 11.2 Å². The predicted octanol–water partition coefficient (Wildman–Crippen LogP) is 6.11. The van der Waals surface area contributed by atoms with Crippen molar-refractivity contribution in [1.29, 1.82) is 0 Å². The second-order valence-corrected chi connectivity index (χ2v) is 9.58. The van der Waals surface area contributed by atoms with E-state index in [9.17, 15) is 14.0 Å². The smallest absolute Gasteiger partial charge is 0.213 e. The SMILES string of the molecule is COCc1[nH]c(C)c(-c2ccc(F)cc2C)c(=O)c1C(=O)Cc1ccc(Oc2ccnc3ccc(OC)nc23)cc1. The normalized spacial score (nSPS) is 11.0. The summed E-state index contributed by atoms with van der Waals surface area (Å²) < 4.78 is 30.3. The average molecular weight is 554 g/mol. The molecule has 0 spiro atoms. The fourth-order valence-electron chi connectivity index (χ4n) is 4.82. The molecule has 208 valence electrons. The number of benzene rings is 2. The van der Waals surface area contributed by atoms with Crippen LogP contribution in [-0.4, -0.2) is 35.0 Å². The van der Waals surface area contributed by atoms with Crippen molar-refractivity contribution < 1.29 is 23.4 Å². The highest BCUT2D eigenvalue weighted by Gasteiger charge is 2.23. The number of carbonyl (C=O) groups excluding carboxylic acids is 1. The van der Waals surface area contributed by atoms with Gasteiger partial charge in [0.05, 0.1) is 30.5 Å². The number of nitrogens with one attached hydrogen (secondary N) is 1. The number of halogens is 1. The van der Waals surface area contributed by atoms with E-state index in [1.165, 1.54) is 19.2 Å². The highest BCUT2D eigenvalue weighted by molar-refractivity contribution is 5.99. The maximum absolute atomic E-state index is 13.8. The van der Waals surface area contributed by atoms with E-state index in [-0.39, 0.29) is 24.4 Å². The van der Waals surface area contributed by atoms with Crippen molar-refractivity contribution in [1.82, 2.24) is 15.0 Å². The van der Waals surface area contributed by atoms with Crippen molar-refractivity contribution >= 4 is 16.8 Å². The molecule has 0 radical (unpaired) electrons. The van der Waals surface area contributed by atoms with Gasteiger partial charge in [0.25, 0.3) is 0 Å². The second-order valence-electron chi connectivity index (χ2n) is 9.58. The van der Waals surface area contributed by atoms with Crippen LogP contribution in [0.1, 0.15) is 32.9 Å². The Labute approximate surface area is 235 Å². The van der Waals surface area contributed by atoms with Crippen LogP contribution in [0.2, 0.25) is 0 Å². The van der Waals surface area contributed by atoms with Crippen LogP contribution >= 0.6 is 0 Å². The standard InChI is InChI=1S/C32H28FN3O5/c1-18-15-21(33)7-10-23(18)29-19(2)35-25(17-39-3)30(32(29)38)26(37)16-20-5-8-22(9-6-20)41-27-13-14-34-24-11-12-28(40-4)36-31(24)27/h5-15H,16-17H2,1-4H3,(H,35,38). The van der Waals surface area contributed by atoms with Crippen LogP contribution in [0.3, 0.4) is 0 Å². The third-order valence-corrected chi connectivity index (χ3v) is 6.74. The highest BCUT2D eigenvalue weighted by Crippen LogP contribution is 2.30. The summed E-state index contributed by atoms with van der Waals surface area (Å²) in [5.41, 5.74) is 4.01. The lowest BCUT2D eigenvalue weighted by Gasteiger charge is -2.15. The van der Waals surface area contributed by atoms with E-state index in [4.69, 9.17) is 14.2 Å². The zero-order valence-corrected chi connectivity index (χ0v) is 23.1. The molecule has 0 aliphatic rings. The lowest BCUT2D eigenvalue weighted by Crippen LogP contribution is -2.24. The van der Waals surface area contributed by atoms with Crippen molar-refractivity contribution in [2.45, 2.75) is 26.9 Å². The molecule has 1 N–H and O–H groups in total. The summed E-state index contributed by atoms with van der Waals surface area (Å²) in [4.78, 5) is 39.2. The third kappa shape index (κ3) is 5.71. The summed E-state index contributed by atoms with van der Waals surface area (Å²) in [6.07, 6.45) is 1.62. The van der Waals surface area contributed by atoms with Gasteiger partial charge in [-0.25, -0.2) is 9.37 Å². The minimum absolute atomic E-state index is 0.0120. The first-order valence-corrected chi connectivity index (χ1v) is 12.9. The van der Waals surface area contributed by atoms with E-state index in [1.54, 1.807) is 75.7 Å². The van der Waals surface area contributed by atoms with Crippen molar-refractivity contribution in [3.8, 4) is 28.5 Å². The summed E-state index contributed by atoms with van der Waals surface area (Å²) in [5.74, 6) is 0.746. The van der Waals surface area contributed by atoms with Gasteiger partial charge < -0.3 is 19.2 Å². The van der Waals surface area contributed by atoms with Gasteiger partial charge in [-0.05, 0) is 60.9 Å². The van der Waals surface area contributed by atoms with Crippen LogP contribution in [0.5, 0.6) is 17.4 Å². The number of H-pyrrole nitrogens is 1. The van der Waals surface area contributed by atoms with Gasteiger partial charge in [0.15, 0.2) is 11.5 Å². The number of hydrogen-bond acceptors (Lipinski definition) is 7. The molecule has 0 amide bonds. The Morgan fingerprint density at radius 1 is 1.00 bits per heavy atom. The van der Waals surface area contributed by atoms with E-state index in [0.29, 0.717) is 62.1 Å². The first kappa shape index (κ1) is 27.7. The molecule has 9 heteroatoms. The molecular weight excluding hydrogens is 525 g/mol. The summed E-state index contributed by atoms with van der Waals surface area (Å²) in [5, 5.41) is 0. The Balaban J connectivity index is 1.43. The topological polar surface area (TPSA) is 103 Å². The van der Waals surface area contributed by atoms with Gasteiger partial charge in [-0.3, -0.25) is 14.6 Å². The molecule has 3 heterocycles. The van der Waals surface area contributed by atoms with Gasteiger partial charge in [0, 0.05) is 43.1 Å². The van der Waals surface area contributed by atoms with E-state index in [1.807, 2.05) is 0 Å². The quantitative estimate of drug-likeness (QED) is 0.220. The van der Waals surface area contributed by atoms with E-state index >= 15 is 0 Å². The second kappa shape index (κ2) is 11.7. The summed E-state index contributed by atoms with van der Waals surface area (Å²) in [6.45, 7) is 3.54. The third-order valence-electron chi connectivity index (χ3n) is 6.74. The molecule has 2 aromatic carbocycles. The zero-order valence-electron chi connectivity index (χ0n) is 23.1. The van der Waals surface area contributed by atoms with Crippen LogP contribution in [0.4, 0.5) is 4.39 Å². The summed E-state index contributed by atoms with van der Waals surface area (Å²) >= 11 is 0. The van der Waals surface area contributed by atoms with E-state index in [2.05, 4.69) is 15.0 Å². The number of fused-ring (bicyclic) bond motifs is 1. The predicted molar refractivity (Wildman–Crippen MR) is 153 cm³/mol. The van der Waals surface area contributed by atoms with Crippen molar-refractivity contribution in [2.24, 2.45) is 0 Å². The van der Waals surface area contributed by atoms with Gasteiger partial charge in [0.2, 0.25) is 11.3 Å². The Kier molecular flexibility index (Phi) is 7.89. The van der Waals surface area contributed by atoms with Gasteiger partial charge >= 0.3 is 0 Å². The van der Waals surface area contributed by atoms with Crippen LogP contribution < -0.4 is 14.9 Å². The number of aromatic nitrogens is 3. The van der Waals surface area contributed by atoms with Crippen LogP contribution in [-0.2, 0) is 17.8 Å². The fraction of sp³-hybridized carbons (Fsp3) is 0.188. The molecule has 8 nitrogen and oxygen atoms in total. The minimum atomic E-state index is -0.416. The molecule has 0 unspecified atom stereocenters. The lowest BCUT2D eigenvalue weighted by molar-refractivity contribution is 0.0986. The molecule has 5 rings (SSSR count). The van der Waals surface area contributed by atoms with Gasteiger partial charge in [0.1, 0.15) is 17.1 Å². The fourth-order valence-corrected chi connectivity index (χ4v) is 4.82. The number of ketones is 1. The van der Waals surface area contributed by atoms with Gasteiger partial charge in [-0.2, -0.15) is 0 Å². The number of Topliss-reactive ketones (excluding diaryl/α,β-unsaturated/α-hetero) is 1. The summed E-state index contributed by atoms with van der Waals surface area (Å²) in [7, 11) is 3.04. The maximum atomic E-state index is 13.8. The van der Waals surface area contributed by atoms with Crippen LogP contribution in [0, 0.1) is 19.7 Å². The number of nitrogens with zero attached hydrogens (tertiary/aromatic N) is 2. The Hall–Kier alpha value is -4.89. The van der Waals surface area contributed by atoms with E-state index in [0.717, 1.165) is 0 Å². The monoisotopic (exact) mass is 553 g/mol. The highest BCUT2D eigenvalue weighted by atomic mass is 19.1. The summed E-state index contributed by atoms with van der Waals surface area (Å²) in [6, 6.07) is 16.5. The largest absolute Gasteiger partial charge is 0.481 e. The molecule has 0 saturated heterocycles. The first-order valence-electron chi connectivity index (χ1n) is 12.9. The molecular formula is C32H28FN3O5. The average Bonchev–Trinajstić information content (AvgIpc) is 2.95. The number of methoxy groups -OCH3 is 2. The number of rotatable bonds is 9. The maximum Gasteiger partial charge on any atom is 0.213 e. The molecule has 5 aromatic rings. The first-order chi connectivity index (χ1) is 19.8. The number of pyridine rings is 3. The molecule has 0 fully saturated rings. The van der Waals surface area contributed by atoms with Crippen molar-refractivity contribution in [3.05, 3.63) is 111 Å². The molecule has 0 saturated carbocycles. The van der Waals surface area contributed by atoms with Crippen LogP contribution in [0.25, 0.3) is 22.2 Å². The van der Waals surface area contributed by atoms with Gasteiger partial charge in [-0.15, -0.1) is 0 Å². The molecule has 3 aromatic heterocycles. The Morgan fingerprint density at radius 2 is 1.78 bits per heavy atom. The van der Waals surface area contributed by atoms with Crippen molar-refractivity contribution in [3.63, 3.8) is 0 Å².